The summed E-state index contributed by atoms with van der Waals surface area (Å²) in [6.07, 6.45) is 0.630. The van der Waals surface area contributed by atoms with Crippen LogP contribution in [-0.2, 0) is 6.42 Å². The first-order valence-corrected chi connectivity index (χ1v) is 30.9. The van der Waals surface area contributed by atoms with Crippen LogP contribution in [0.5, 0.6) is 80.5 Å². The van der Waals surface area contributed by atoms with Gasteiger partial charge in [0.1, 0.15) is 80.5 Å². The van der Waals surface area contributed by atoms with E-state index in [4.69, 9.17) is 33.2 Å². The van der Waals surface area contributed by atoms with Crippen LogP contribution >= 0.6 is 0 Å². The lowest BCUT2D eigenvalue weighted by atomic mass is 9.89. The van der Waals surface area contributed by atoms with Crippen LogP contribution in [0.4, 0.5) is 0 Å². The van der Waals surface area contributed by atoms with Crippen LogP contribution in [0.3, 0.4) is 0 Å². The van der Waals surface area contributed by atoms with Crippen LogP contribution in [0, 0.1) is 0 Å². The lowest BCUT2D eigenvalue weighted by Crippen LogP contribution is -2.04. The van der Waals surface area contributed by atoms with Gasteiger partial charge in [0.2, 0.25) is 0 Å². The molecular weight excluding hydrogens is 1160 g/mol. The summed E-state index contributed by atoms with van der Waals surface area (Å²) in [5, 5.41) is 0. The zero-order chi connectivity index (χ0) is 63.3. The van der Waals surface area contributed by atoms with Crippen LogP contribution < -0.4 is 33.2 Å². The quantitative estimate of drug-likeness (QED) is 0.0621. The van der Waals surface area contributed by atoms with Crippen molar-refractivity contribution in [3.8, 4) is 125 Å². The van der Waals surface area contributed by atoms with E-state index in [9.17, 15) is 0 Å². The van der Waals surface area contributed by atoms with E-state index in [2.05, 4.69) is 36.4 Å². The predicted molar refractivity (Wildman–Crippen MR) is 373 cm³/mol. The van der Waals surface area contributed by atoms with Gasteiger partial charge >= 0.3 is 0 Å². The summed E-state index contributed by atoms with van der Waals surface area (Å²) in [5.74, 6) is 8.16. The molecular formula is C86H60O8. The SMILES string of the molecule is O=C(c1cc(-c2cc(Cc3ccccc3)cc(Oc3ccccc3)c2)cc(-c2cc(Oc3ccccc3)cc(Oc3ccccc3)c2)c1)c1cc(-c2cc(Oc3ccccc3)cc(Oc3ccccc3)c2)cc(-c2cc(Oc3ccccc3)cc(Oc3ccccc3)c2)c1. The van der Waals surface area contributed by atoms with Crippen LogP contribution in [0.25, 0.3) is 44.5 Å². The summed E-state index contributed by atoms with van der Waals surface area (Å²) in [6.45, 7) is 0. The smallest absolute Gasteiger partial charge is 0.193 e. The molecule has 8 heteroatoms. The maximum atomic E-state index is 16.5. The summed E-state index contributed by atoms with van der Waals surface area (Å²) < 4.78 is 46.3. The second-order valence-electron chi connectivity index (χ2n) is 22.4. The van der Waals surface area contributed by atoms with Gasteiger partial charge in [-0.1, -0.05) is 164 Å². The van der Waals surface area contributed by atoms with Gasteiger partial charge in [0.15, 0.2) is 5.78 Å². The summed E-state index contributed by atoms with van der Waals surface area (Å²) in [4.78, 5) is 16.5. The molecule has 0 atom stereocenters. The molecule has 0 fully saturated rings. The molecule has 14 rings (SSSR count). The molecule has 14 aromatic carbocycles. The molecule has 14 aromatic rings. The fraction of sp³-hybridized carbons (Fsp3) is 0.0116. The molecule has 8 nitrogen and oxygen atoms in total. The maximum Gasteiger partial charge on any atom is 0.193 e. The second-order valence-corrected chi connectivity index (χ2v) is 22.4. The molecule has 0 aliphatic carbocycles. The monoisotopic (exact) mass is 1220 g/mol. The predicted octanol–water partition coefficient (Wildman–Crippen LogP) is 23.7. The third kappa shape index (κ3) is 15.1. The Hall–Kier alpha value is -12.7. The normalized spacial score (nSPS) is 10.9. The van der Waals surface area contributed by atoms with Crippen LogP contribution in [-0.4, -0.2) is 5.78 Å². The molecule has 0 aliphatic heterocycles. The number of rotatable bonds is 22. The Morgan fingerprint density at radius 1 is 0.181 bits per heavy atom. The third-order valence-corrected chi connectivity index (χ3v) is 15.4. The third-order valence-electron chi connectivity index (χ3n) is 15.4. The first kappa shape index (κ1) is 59.0. The van der Waals surface area contributed by atoms with Gasteiger partial charge in [-0.05, 0) is 232 Å². The average molecular weight is 1220 g/mol. The molecule has 0 saturated carbocycles. The Balaban J connectivity index is 0.972. The molecule has 0 radical (unpaired) electrons. The highest BCUT2D eigenvalue weighted by Crippen LogP contribution is 2.43. The van der Waals surface area contributed by atoms with Gasteiger partial charge in [0.25, 0.3) is 0 Å². The summed E-state index contributed by atoms with van der Waals surface area (Å²) >= 11 is 0. The van der Waals surface area contributed by atoms with Crippen molar-refractivity contribution in [2.45, 2.75) is 6.42 Å². The Bertz CT molecular complexity index is 4030. The van der Waals surface area contributed by atoms with Crippen molar-refractivity contribution in [2.75, 3.05) is 0 Å². The van der Waals surface area contributed by atoms with Gasteiger partial charge in [-0.25, -0.2) is 0 Å². The van der Waals surface area contributed by atoms with E-state index in [0.717, 1.165) is 44.5 Å². The molecule has 0 amide bonds. The van der Waals surface area contributed by atoms with Crippen molar-refractivity contribution in [2.24, 2.45) is 0 Å². The number of carbonyl (C=O) groups is 1. The molecule has 0 spiro atoms. The minimum absolute atomic E-state index is 0.250. The Labute approximate surface area is 546 Å². The number of ketones is 1. The number of hydrogen-bond donors (Lipinski definition) is 0. The fourth-order valence-corrected chi connectivity index (χ4v) is 11.1. The summed E-state index contributed by atoms with van der Waals surface area (Å²) in [5.41, 5.74) is 8.92. The number of benzene rings is 14. The molecule has 0 unspecified atom stereocenters. The van der Waals surface area contributed by atoms with Crippen LogP contribution in [0.15, 0.2) is 352 Å². The molecule has 0 saturated heterocycles. The van der Waals surface area contributed by atoms with Crippen molar-refractivity contribution in [3.05, 3.63) is 374 Å². The zero-order valence-corrected chi connectivity index (χ0v) is 51.0. The topological polar surface area (TPSA) is 81.7 Å². The van der Waals surface area contributed by atoms with Crippen molar-refractivity contribution in [3.63, 3.8) is 0 Å². The van der Waals surface area contributed by atoms with Gasteiger partial charge in [-0.15, -0.1) is 0 Å². The van der Waals surface area contributed by atoms with Gasteiger partial charge < -0.3 is 33.2 Å². The first-order chi connectivity index (χ1) is 46.3. The number of para-hydroxylation sites is 7. The van der Waals surface area contributed by atoms with E-state index < -0.39 is 0 Å². The summed E-state index contributed by atoms with van der Waals surface area (Å²) in [6, 6.07) is 114. The van der Waals surface area contributed by atoms with Crippen molar-refractivity contribution in [1.29, 1.82) is 0 Å². The molecule has 0 heterocycles. The molecule has 452 valence electrons. The van der Waals surface area contributed by atoms with Gasteiger partial charge in [-0.2, -0.15) is 0 Å². The Kier molecular flexibility index (Phi) is 17.6. The minimum atomic E-state index is -0.250. The van der Waals surface area contributed by atoms with Crippen LogP contribution in [0.2, 0.25) is 0 Å². The van der Waals surface area contributed by atoms with Gasteiger partial charge in [0.05, 0.1) is 0 Å². The number of ether oxygens (including phenoxy) is 7. The largest absolute Gasteiger partial charge is 0.457 e. The van der Waals surface area contributed by atoms with E-state index in [1.54, 1.807) is 0 Å². The first-order valence-electron chi connectivity index (χ1n) is 30.9. The summed E-state index contributed by atoms with van der Waals surface area (Å²) in [7, 11) is 0. The highest BCUT2D eigenvalue weighted by Gasteiger charge is 2.21. The molecule has 0 aliphatic rings. The molecule has 94 heavy (non-hydrogen) atoms. The molecule has 0 N–H and O–H groups in total. The van der Waals surface area contributed by atoms with Crippen molar-refractivity contribution >= 4 is 5.78 Å². The standard InChI is InChI=1S/C86H60O8/c87-86(70-46-63(62-42-61(41-60-25-9-1-10-26-60)43-79(50-62)88-72-27-11-2-12-28-72)44-64(47-70)67-51-80(89-73-29-13-3-14-30-73)57-81(52-67)90-74-31-15-4-16-32-74)71-48-65(68-53-82(91-75-33-17-5-18-34-75)58-83(54-68)92-76-35-19-6-20-36-76)45-66(49-71)69-55-84(93-77-37-21-7-22-38-77)59-85(56-69)94-78-39-23-8-24-40-78/h1-40,42-59H,41H2. The lowest BCUT2D eigenvalue weighted by Gasteiger charge is -2.17. The van der Waals surface area contributed by atoms with E-state index in [1.165, 1.54) is 0 Å². The average Bonchev–Trinajstić information content (AvgIpc) is 0.819. The van der Waals surface area contributed by atoms with Gasteiger partial charge in [-0.3, -0.25) is 4.79 Å². The molecule has 0 bridgehead atoms. The van der Waals surface area contributed by atoms with E-state index in [1.807, 2.05) is 315 Å². The van der Waals surface area contributed by atoms with E-state index in [-0.39, 0.29) is 5.78 Å². The van der Waals surface area contributed by atoms with Crippen LogP contribution in [0.1, 0.15) is 27.0 Å². The van der Waals surface area contributed by atoms with E-state index >= 15 is 4.79 Å². The second kappa shape index (κ2) is 28.0. The maximum absolute atomic E-state index is 16.5. The van der Waals surface area contributed by atoms with Crippen molar-refractivity contribution in [1.82, 2.24) is 0 Å². The number of hydrogen-bond acceptors (Lipinski definition) is 8. The van der Waals surface area contributed by atoms with E-state index in [0.29, 0.717) is 109 Å². The van der Waals surface area contributed by atoms with Crippen molar-refractivity contribution < 1.29 is 38.0 Å². The lowest BCUT2D eigenvalue weighted by molar-refractivity contribution is 0.103. The fourth-order valence-electron chi connectivity index (χ4n) is 11.1. The number of carbonyl (C=O) groups excluding carboxylic acids is 1. The highest BCUT2D eigenvalue weighted by atomic mass is 16.5. The van der Waals surface area contributed by atoms with Gasteiger partial charge in [0, 0.05) is 29.3 Å². The Morgan fingerprint density at radius 2 is 0.383 bits per heavy atom. The highest BCUT2D eigenvalue weighted by molar-refractivity contribution is 6.11. The zero-order valence-electron chi connectivity index (χ0n) is 51.0. The Morgan fingerprint density at radius 3 is 0.628 bits per heavy atom. The molecule has 0 aromatic heterocycles. The minimum Gasteiger partial charge on any atom is -0.457 e.